The van der Waals surface area contributed by atoms with E-state index in [0.29, 0.717) is 24.5 Å². The lowest BCUT2D eigenvalue weighted by atomic mass is 9.94. The largest absolute Gasteiger partial charge is 0.493 e. The third kappa shape index (κ3) is 4.72. The Morgan fingerprint density at radius 2 is 2.04 bits per heavy atom. The van der Waals surface area contributed by atoms with Gasteiger partial charge < -0.3 is 19.9 Å². The fourth-order valence-electron chi connectivity index (χ4n) is 3.49. The summed E-state index contributed by atoms with van der Waals surface area (Å²) in [6.45, 7) is 2.23. The molecule has 1 atom stereocenters. The second-order valence-electron chi connectivity index (χ2n) is 6.75. The van der Waals surface area contributed by atoms with E-state index in [1.807, 2.05) is 6.07 Å². The summed E-state index contributed by atoms with van der Waals surface area (Å²) < 4.78 is 10.8. The Morgan fingerprint density at radius 3 is 2.80 bits per heavy atom. The number of amides is 1. The van der Waals surface area contributed by atoms with Gasteiger partial charge in [-0.1, -0.05) is 6.07 Å². The molecule has 0 spiro atoms. The quantitative estimate of drug-likeness (QED) is 0.791. The van der Waals surface area contributed by atoms with Crippen LogP contribution in [0.2, 0.25) is 0 Å². The van der Waals surface area contributed by atoms with Crippen LogP contribution in [-0.2, 0) is 20.7 Å². The first-order valence-corrected chi connectivity index (χ1v) is 8.99. The third-order valence-corrected chi connectivity index (χ3v) is 4.96. The van der Waals surface area contributed by atoms with Crippen molar-refractivity contribution in [1.29, 1.82) is 0 Å². The molecule has 3 rings (SSSR count). The molecule has 0 radical (unpaired) electrons. The van der Waals surface area contributed by atoms with E-state index in [1.165, 1.54) is 0 Å². The van der Waals surface area contributed by atoms with Gasteiger partial charge in [0.1, 0.15) is 5.75 Å². The molecule has 136 valence electrons. The summed E-state index contributed by atoms with van der Waals surface area (Å²) in [5.41, 5.74) is 1.59. The standard InChI is InChI=1S/C19H25NO5/c21-17(3-1-2-13-6-9-24-10-7-13)20-18(19(22)23)15-4-5-16-14(12-15)8-11-25-16/h4-5,12-13,18H,1-3,6-11H2,(H,20,21)(H,22,23). The van der Waals surface area contributed by atoms with Crippen molar-refractivity contribution in [3.8, 4) is 5.75 Å². The molecule has 2 aliphatic rings. The highest BCUT2D eigenvalue weighted by molar-refractivity contribution is 5.84. The van der Waals surface area contributed by atoms with Crippen molar-refractivity contribution in [3.05, 3.63) is 29.3 Å². The van der Waals surface area contributed by atoms with Crippen LogP contribution in [-0.4, -0.2) is 36.8 Å². The molecule has 1 amide bonds. The molecule has 2 aliphatic heterocycles. The average molecular weight is 347 g/mol. The highest BCUT2D eigenvalue weighted by atomic mass is 16.5. The number of carbonyl (C=O) groups is 2. The molecule has 1 aromatic rings. The molecule has 2 heterocycles. The van der Waals surface area contributed by atoms with Crippen molar-refractivity contribution < 1.29 is 24.2 Å². The number of carboxylic acid groups (broad SMARTS) is 1. The molecule has 2 N–H and O–H groups in total. The van der Waals surface area contributed by atoms with Crippen LogP contribution < -0.4 is 10.1 Å². The highest BCUT2D eigenvalue weighted by Crippen LogP contribution is 2.28. The number of rotatable bonds is 7. The zero-order valence-corrected chi connectivity index (χ0v) is 14.3. The molecule has 1 unspecified atom stereocenters. The molecule has 0 bridgehead atoms. The number of hydrogen-bond donors (Lipinski definition) is 2. The van der Waals surface area contributed by atoms with E-state index in [9.17, 15) is 14.7 Å². The summed E-state index contributed by atoms with van der Waals surface area (Å²) in [6, 6.07) is 4.31. The van der Waals surface area contributed by atoms with E-state index in [0.717, 1.165) is 56.6 Å². The first-order valence-electron chi connectivity index (χ1n) is 8.99. The third-order valence-electron chi connectivity index (χ3n) is 4.96. The highest BCUT2D eigenvalue weighted by Gasteiger charge is 2.24. The first-order chi connectivity index (χ1) is 12.1. The zero-order chi connectivity index (χ0) is 17.6. The predicted molar refractivity (Wildman–Crippen MR) is 91.6 cm³/mol. The minimum atomic E-state index is -1.04. The van der Waals surface area contributed by atoms with Gasteiger partial charge in [0, 0.05) is 26.1 Å². The van der Waals surface area contributed by atoms with E-state index >= 15 is 0 Å². The maximum atomic E-state index is 12.2. The Morgan fingerprint density at radius 1 is 1.24 bits per heavy atom. The summed E-state index contributed by atoms with van der Waals surface area (Å²) in [7, 11) is 0. The number of carboxylic acids is 1. The predicted octanol–water partition coefficient (Wildman–Crippen LogP) is 2.46. The van der Waals surface area contributed by atoms with Crippen molar-refractivity contribution in [2.75, 3.05) is 19.8 Å². The molecule has 1 fully saturated rings. The van der Waals surface area contributed by atoms with E-state index in [-0.39, 0.29) is 5.91 Å². The SMILES string of the molecule is O=C(CCCC1CCOCC1)NC(C(=O)O)c1ccc2c(c1)CCO2. The summed E-state index contributed by atoms with van der Waals surface area (Å²) in [6.07, 6.45) is 5.00. The van der Waals surface area contributed by atoms with E-state index in [2.05, 4.69) is 5.32 Å². The van der Waals surface area contributed by atoms with Gasteiger partial charge in [-0.25, -0.2) is 4.79 Å². The Balaban J connectivity index is 1.52. The number of carbonyl (C=O) groups excluding carboxylic acids is 1. The maximum absolute atomic E-state index is 12.2. The van der Waals surface area contributed by atoms with Gasteiger partial charge in [0.25, 0.3) is 0 Å². The van der Waals surface area contributed by atoms with Gasteiger partial charge in [-0.15, -0.1) is 0 Å². The number of fused-ring (bicyclic) bond motifs is 1. The summed E-state index contributed by atoms with van der Waals surface area (Å²) >= 11 is 0. The molecular weight excluding hydrogens is 322 g/mol. The normalized spacial score (nSPS) is 18.2. The molecule has 0 aliphatic carbocycles. The van der Waals surface area contributed by atoms with Crippen LogP contribution in [0.15, 0.2) is 18.2 Å². The van der Waals surface area contributed by atoms with Crippen LogP contribution in [0, 0.1) is 5.92 Å². The maximum Gasteiger partial charge on any atom is 0.330 e. The monoisotopic (exact) mass is 347 g/mol. The molecule has 6 nitrogen and oxygen atoms in total. The first kappa shape index (κ1) is 17.7. The van der Waals surface area contributed by atoms with E-state index in [1.54, 1.807) is 12.1 Å². The second kappa shape index (κ2) is 8.34. The number of benzene rings is 1. The van der Waals surface area contributed by atoms with Gasteiger partial charge in [0.05, 0.1) is 6.61 Å². The molecule has 25 heavy (non-hydrogen) atoms. The van der Waals surface area contributed by atoms with Crippen LogP contribution >= 0.6 is 0 Å². The summed E-state index contributed by atoms with van der Waals surface area (Å²) in [5.74, 6) is 0.164. The Kier molecular flexibility index (Phi) is 5.91. The molecule has 0 saturated carbocycles. The number of ether oxygens (including phenoxy) is 2. The van der Waals surface area contributed by atoms with Crippen LogP contribution in [0.3, 0.4) is 0 Å². The van der Waals surface area contributed by atoms with Crippen molar-refractivity contribution in [2.24, 2.45) is 5.92 Å². The molecule has 6 heteroatoms. The van der Waals surface area contributed by atoms with Gasteiger partial charge in [-0.05, 0) is 54.9 Å². The Hall–Kier alpha value is -2.08. The fourth-order valence-corrected chi connectivity index (χ4v) is 3.49. The summed E-state index contributed by atoms with van der Waals surface area (Å²) in [5, 5.41) is 12.2. The van der Waals surface area contributed by atoms with Gasteiger partial charge in [-0.2, -0.15) is 0 Å². The molecular formula is C19H25NO5. The minimum Gasteiger partial charge on any atom is -0.493 e. The van der Waals surface area contributed by atoms with E-state index in [4.69, 9.17) is 9.47 Å². The lowest BCUT2D eigenvalue weighted by molar-refractivity contribution is -0.142. The van der Waals surface area contributed by atoms with Crippen molar-refractivity contribution in [2.45, 2.75) is 44.6 Å². The lowest BCUT2D eigenvalue weighted by Crippen LogP contribution is -2.33. The fraction of sp³-hybridized carbons (Fsp3) is 0.579. The Labute approximate surface area is 147 Å². The van der Waals surface area contributed by atoms with Gasteiger partial charge in [-0.3, -0.25) is 4.79 Å². The molecule has 1 saturated heterocycles. The van der Waals surface area contributed by atoms with Crippen LogP contribution in [0.25, 0.3) is 0 Å². The van der Waals surface area contributed by atoms with Gasteiger partial charge in [0.2, 0.25) is 5.91 Å². The second-order valence-corrected chi connectivity index (χ2v) is 6.75. The lowest BCUT2D eigenvalue weighted by Gasteiger charge is -2.21. The topological polar surface area (TPSA) is 84.9 Å². The van der Waals surface area contributed by atoms with Crippen LogP contribution in [0.5, 0.6) is 5.75 Å². The van der Waals surface area contributed by atoms with Crippen LogP contribution in [0.1, 0.15) is 49.3 Å². The number of aliphatic carboxylic acids is 1. The minimum absolute atomic E-state index is 0.212. The zero-order valence-electron chi connectivity index (χ0n) is 14.3. The van der Waals surface area contributed by atoms with Crippen molar-refractivity contribution in [1.82, 2.24) is 5.32 Å². The Bertz CT molecular complexity index is 624. The van der Waals surface area contributed by atoms with Crippen molar-refractivity contribution in [3.63, 3.8) is 0 Å². The number of nitrogens with one attached hydrogen (secondary N) is 1. The van der Waals surface area contributed by atoms with Crippen LogP contribution in [0.4, 0.5) is 0 Å². The molecule has 0 aromatic heterocycles. The molecule has 1 aromatic carbocycles. The average Bonchev–Trinajstić information content (AvgIpc) is 3.08. The smallest absolute Gasteiger partial charge is 0.330 e. The van der Waals surface area contributed by atoms with Gasteiger partial charge in [0.15, 0.2) is 6.04 Å². The number of hydrogen-bond acceptors (Lipinski definition) is 4. The van der Waals surface area contributed by atoms with E-state index < -0.39 is 12.0 Å². The van der Waals surface area contributed by atoms with Crippen molar-refractivity contribution >= 4 is 11.9 Å². The summed E-state index contributed by atoms with van der Waals surface area (Å²) in [4.78, 5) is 23.8. The van der Waals surface area contributed by atoms with Gasteiger partial charge >= 0.3 is 5.97 Å².